The molecule has 0 aromatic heterocycles. The van der Waals surface area contributed by atoms with Gasteiger partial charge in [-0.15, -0.1) is 0 Å². The molecule has 2 nitrogen and oxygen atoms in total. The zero-order valence-corrected chi connectivity index (χ0v) is 10.8. The first-order valence-electron chi connectivity index (χ1n) is 5.41. The van der Waals surface area contributed by atoms with E-state index in [4.69, 9.17) is 11.6 Å². The van der Waals surface area contributed by atoms with Crippen LogP contribution >= 0.6 is 11.6 Å². The third kappa shape index (κ3) is 4.38. The fourth-order valence-electron chi connectivity index (χ4n) is 1.21. The van der Waals surface area contributed by atoms with E-state index in [0.717, 1.165) is 5.69 Å². The molecular formula is C12H16ClF2NO. The van der Waals surface area contributed by atoms with Crippen LogP contribution in [0, 0.1) is 5.92 Å². The maximum Gasteiger partial charge on any atom is 0.387 e. The number of rotatable bonds is 5. The minimum atomic E-state index is -2.86. The summed E-state index contributed by atoms with van der Waals surface area (Å²) in [6.07, 6.45) is 0. The van der Waals surface area contributed by atoms with Gasteiger partial charge in [-0.2, -0.15) is 8.78 Å². The maximum absolute atomic E-state index is 12.0. The van der Waals surface area contributed by atoms with Crippen LogP contribution in [0.25, 0.3) is 0 Å². The van der Waals surface area contributed by atoms with Crippen LogP contribution in [0.15, 0.2) is 18.2 Å². The second-order valence-electron chi connectivity index (χ2n) is 4.20. The molecule has 0 radical (unpaired) electrons. The standard InChI is InChI=1S/C12H16ClF2NO/c1-7(2)8(3)16-9-4-5-11(10(13)6-9)17-12(14)15/h4-8,12,16H,1-3H3. The molecular weight excluding hydrogens is 248 g/mol. The van der Waals surface area contributed by atoms with Crippen molar-refractivity contribution in [1.82, 2.24) is 0 Å². The van der Waals surface area contributed by atoms with Gasteiger partial charge in [-0.25, -0.2) is 0 Å². The minimum absolute atomic E-state index is 0.00980. The third-order valence-electron chi connectivity index (χ3n) is 2.54. The van der Waals surface area contributed by atoms with Gasteiger partial charge < -0.3 is 10.1 Å². The van der Waals surface area contributed by atoms with Crippen molar-refractivity contribution in [2.24, 2.45) is 5.92 Å². The Morgan fingerprint density at radius 1 is 1.24 bits per heavy atom. The highest BCUT2D eigenvalue weighted by Gasteiger charge is 2.11. The van der Waals surface area contributed by atoms with Gasteiger partial charge in [0.1, 0.15) is 5.75 Å². The molecule has 0 aliphatic rings. The summed E-state index contributed by atoms with van der Waals surface area (Å²) in [5.41, 5.74) is 0.790. The first-order valence-corrected chi connectivity index (χ1v) is 5.79. The second kappa shape index (κ2) is 6.05. The fraction of sp³-hybridized carbons (Fsp3) is 0.500. The molecule has 0 spiro atoms. The van der Waals surface area contributed by atoms with Crippen LogP contribution in [0.5, 0.6) is 5.75 Å². The minimum Gasteiger partial charge on any atom is -0.433 e. The molecule has 1 N–H and O–H groups in total. The van der Waals surface area contributed by atoms with Gasteiger partial charge in [0.15, 0.2) is 0 Å². The van der Waals surface area contributed by atoms with E-state index in [1.165, 1.54) is 6.07 Å². The number of hydrogen-bond donors (Lipinski definition) is 1. The second-order valence-corrected chi connectivity index (χ2v) is 4.61. The Kier molecular flexibility index (Phi) is 5.00. The largest absolute Gasteiger partial charge is 0.433 e. The first kappa shape index (κ1) is 14.0. The van der Waals surface area contributed by atoms with Gasteiger partial charge in [0.25, 0.3) is 0 Å². The van der Waals surface area contributed by atoms with E-state index in [9.17, 15) is 8.78 Å². The van der Waals surface area contributed by atoms with Crippen molar-refractivity contribution in [3.63, 3.8) is 0 Å². The Hall–Kier alpha value is -1.03. The average molecular weight is 264 g/mol. The lowest BCUT2D eigenvalue weighted by molar-refractivity contribution is -0.0497. The molecule has 1 atom stereocenters. The summed E-state index contributed by atoms with van der Waals surface area (Å²) in [6.45, 7) is 3.37. The van der Waals surface area contributed by atoms with Crippen LogP contribution in [0.1, 0.15) is 20.8 Å². The van der Waals surface area contributed by atoms with Crippen molar-refractivity contribution in [3.8, 4) is 5.75 Å². The van der Waals surface area contributed by atoms with E-state index in [0.29, 0.717) is 5.92 Å². The van der Waals surface area contributed by atoms with Crippen molar-refractivity contribution >= 4 is 17.3 Å². The summed E-state index contributed by atoms with van der Waals surface area (Å²) in [5.74, 6) is 0.454. The van der Waals surface area contributed by atoms with Crippen molar-refractivity contribution in [2.75, 3.05) is 5.32 Å². The predicted octanol–water partition coefficient (Wildman–Crippen LogP) is 4.40. The van der Waals surface area contributed by atoms with Crippen LogP contribution in [0.3, 0.4) is 0 Å². The Bertz CT molecular complexity index is 372. The molecule has 17 heavy (non-hydrogen) atoms. The average Bonchev–Trinajstić information content (AvgIpc) is 2.21. The van der Waals surface area contributed by atoms with E-state index >= 15 is 0 Å². The molecule has 1 aromatic carbocycles. The van der Waals surface area contributed by atoms with Gasteiger partial charge in [0.2, 0.25) is 0 Å². The van der Waals surface area contributed by atoms with E-state index < -0.39 is 6.61 Å². The molecule has 0 saturated carbocycles. The molecule has 0 amide bonds. The molecule has 0 heterocycles. The van der Waals surface area contributed by atoms with Crippen LogP contribution < -0.4 is 10.1 Å². The van der Waals surface area contributed by atoms with Gasteiger partial charge in [-0.1, -0.05) is 25.4 Å². The molecule has 5 heteroatoms. The molecule has 1 unspecified atom stereocenters. The monoisotopic (exact) mass is 263 g/mol. The van der Waals surface area contributed by atoms with Crippen molar-refractivity contribution in [2.45, 2.75) is 33.4 Å². The van der Waals surface area contributed by atoms with Crippen molar-refractivity contribution in [1.29, 1.82) is 0 Å². The van der Waals surface area contributed by atoms with Crippen LogP contribution in [-0.2, 0) is 0 Å². The van der Waals surface area contributed by atoms with Gasteiger partial charge in [-0.05, 0) is 31.0 Å². The van der Waals surface area contributed by atoms with Gasteiger partial charge in [0.05, 0.1) is 5.02 Å². The Balaban J connectivity index is 2.75. The van der Waals surface area contributed by atoms with E-state index in [1.54, 1.807) is 12.1 Å². The number of nitrogens with one attached hydrogen (secondary N) is 1. The fourth-order valence-corrected chi connectivity index (χ4v) is 1.44. The summed E-state index contributed by atoms with van der Waals surface area (Å²) in [6, 6.07) is 4.96. The Labute approximate surface area is 105 Å². The maximum atomic E-state index is 12.0. The zero-order chi connectivity index (χ0) is 13.0. The predicted molar refractivity (Wildman–Crippen MR) is 66.0 cm³/mol. The summed E-state index contributed by atoms with van der Waals surface area (Å²) >= 11 is 5.84. The Morgan fingerprint density at radius 2 is 1.88 bits per heavy atom. The number of anilines is 1. The van der Waals surface area contributed by atoms with Gasteiger partial charge >= 0.3 is 6.61 Å². The molecule has 96 valence electrons. The SMILES string of the molecule is CC(C)C(C)Nc1ccc(OC(F)F)c(Cl)c1. The molecule has 0 aliphatic heterocycles. The number of benzene rings is 1. The summed E-state index contributed by atoms with van der Waals surface area (Å²) in [7, 11) is 0. The first-order chi connectivity index (χ1) is 7.90. The topological polar surface area (TPSA) is 21.3 Å². The summed E-state index contributed by atoms with van der Waals surface area (Å²) in [5, 5.41) is 3.41. The van der Waals surface area contributed by atoms with Gasteiger partial charge in [0, 0.05) is 11.7 Å². The summed E-state index contributed by atoms with van der Waals surface area (Å²) < 4.78 is 28.3. The number of halogens is 3. The number of alkyl halides is 2. The van der Waals surface area contributed by atoms with Crippen LogP contribution in [-0.4, -0.2) is 12.7 Å². The highest BCUT2D eigenvalue weighted by Crippen LogP contribution is 2.29. The van der Waals surface area contributed by atoms with Crippen LogP contribution in [0.4, 0.5) is 14.5 Å². The smallest absolute Gasteiger partial charge is 0.387 e. The lowest BCUT2D eigenvalue weighted by Gasteiger charge is -2.19. The lowest BCUT2D eigenvalue weighted by Crippen LogP contribution is -2.21. The van der Waals surface area contributed by atoms with E-state index in [1.807, 2.05) is 6.92 Å². The quantitative estimate of drug-likeness (QED) is 0.850. The molecule has 0 aliphatic carbocycles. The highest BCUT2D eigenvalue weighted by atomic mass is 35.5. The van der Waals surface area contributed by atoms with Gasteiger partial charge in [-0.3, -0.25) is 0 Å². The van der Waals surface area contributed by atoms with Crippen LogP contribution in [0.2, 0.25) is 5.02 Å². The van der Waals surface area contributed by atoms with Crippen molar-refractivity contribution in [3.05, 3.63) is 23.2 Å². The summed E-state index contributed by atoms with van der Waals surface area (Å²) in [4.78, 5) is 0. The zero-order valence-electron chi connectivity index (χ0n) is 10.0. The van der Waals surface area contributed by atoms with Crippen molar-refractivity contribution < 1.29 is 13.5 Å². The lowest BCUT2D eigenvalue weighted by atomic mass is 10.1. The molecule has 0 saturated heterocycles. The normalized spacial score (nSPS) is 12.9. The molecule has 1 rings (SSSR count). The molecule has 1 aromatic rings. The number of ether oxygens (including phenoxy) is 1. The number of hydrogen-bond acceptors (Lipinski definition) is 2. The third-order valence-corrected chi connectivity index (χ3v) is 2.84. The molecule has 0 bridgehead atoms. The molecule has 0 fully saturated rings. The Morgan fingerprint density at radius 3 is 2.35 bits per heavy atom. The highest BCUT2D eigenvalue weighted by molar-refractivity contribution is 6.32. The van der Waals surface area contributed by atoms with E-state index in [2.05, 4.69) is 23.9 Å². The van der Waals surface area contributed by atoms with E-state index in [-0.39, 0.29) is 16.8 Å².